The number of methoxy groups -OCH3 is 1. The summed E-state index contributed by atoms with van der Waals surface area (Å²) in [6.07, 6.45) is 1.42. The highest BCUT2D eigenvalue weighted by molar-refractivity contribution is 6.39. The largest absolute Gasteiger partial charge is 0.495 e. The predicted molar refractivity (Wildman–Crippen MR) is 99.7 cm³/mol. The quantitative estimate of drug-likeness (QED) is 0.473. The fourth-order valence-electron chi connectivity index (χ4n) is 2.18. The molecule has 0 aliphatic heterocycles. The van der Waals surface area contributed by atoms with Crippen molar-refractivity contribution in [3.05, 3.63) is 53.6 Å². The van der Waals surface area contributed by atoms with E-state index in [0.717, 1.165) is 5.56 Å². The van der Waals surface area contributed by atoms with Gasteiger partial charge in [-0.05, 0) is 43.7 Å². The zero-order chi connectivity index (χ0) is 18.9. The van der Waals surface area contributed by atoms with E-state index in [9.17, 15) is 9.59 Å². The van der Waals surface area contributed by atoms with Crippen LogP contribution in [-0.2, 0) is 9.59 Å². The highest BCUT2D eigenvalue weighted by atomic mass is 16.5. The average molecular weight is 355 g/mol. The summed E-state index contributed by atoms with van der Waals surface area (Å²) in [6.45, 7) is 4.26. The van der Waals surface area contributed by atoms with Crippen molar-refractivity contribution in [2.24, 2.45) is 5.10 Å². The Morgan fingerprint density at radius 3 is 2.62 bits per heavy atom. The first-order valence-electron chi connectivity index (χ1n) is 8.06. The molecule has 7 nitrogen and oxygen atoms in total. The van der Waals surface area contributed by atoms with Crippen LogP contribution in [0.5, 0.6) is 11.5 Å². The zero-order valence-corrected chi connectivity index (χ0v) is 14.9. The summed E-state index contributed by atoms with van der Waals surface area (Å²) in [5.74, 6) is -0.629. The smallest absolute Gasteiger partial charge is 0.329 e. The predicted octanol–water partition coefficient (Wildman–Crippen LogP) is 2.49. The van der Waals surface area contributed by atoms with E-state index in [0.29, 0.717) is 29.4 Å². The van der Waals surface area contributed by atoms with E-state index in [1.165, 1.54) is 13.3 Å². The summed E-state index contributed by atoms with van der Waals surface area (Å²) < 4.78 is 10.6. The second kappa shape index (κ2) is 9.22. The summed E-state index contributed by atoms with van der Waals surface area (Å²) in [5.41, 5.74) is 4.22. The van der Waals surface area contributed by atoms with Gasteiger partial charge in [0.05, 0.1) is 25.6 Å². The number of carbonyl (C=O) groups is 2. The van der Waals surface area contributed by atoms with Gasteiger partial charge in [-0.25, -0.2) is 5.43 Å². The van der Waals surface area contributed by atoms with Crippen molar-refractivity contribution in [1.29, 1.82) is 0 Å². The van der Waals surface area contributed by atoms with Gasteiger partial charge in [-0.2, -0.15) is 5.10 Å². The lowest BCUT2D eigenvalue weighted by Crippen LogP contribution is -2.32. The number of anilines is 1. The fourth-order valence-corrected chi connectivity index (χ4v) is 2.18. The minimum absolute atomic E-state index is 0.415. The van der Waals surface area contributed by atoms with Gasteiger partial charge >= 0.3 is 11.8 Å². The lowest BCUT2D eigenvalue weighted by molar-refractivity contribution is -0.136. The van der Waals surface area contributed by atoms with E-state index >= 15 is 0 Å². The van der Waals surface area contributed by atoms with E-state index in [-0.39, 0.29) is 0 Å². The van der Waals surface area contributed by atoms with Gasteiger partial charge < -0.3 is 14.8 Å². The zero-order valence-electron chi connectivity index (χ0n) is 14.9. The number of hydrazone groups is 1. The van der Waals surface area contributed by atoms with Crippen LogP contribution in [0.25, 0.3) is 0 Å². The topological polar surface area (TPSA) is 89.0 Å². The van der Waals surface area contributed by atoms with E-state index in [1.807, 2.05) is 32.0 Å². The summed E-state index contributed by atoms with van der Waals surface area (Å²) >= 11 is 0. The SMILES string of the molecule is CCOc1ccccc1/C=N\NC(=O)C(=O)Nc1cc(C)ccc1OC. The summed E-state index contributed by atoms with van der Waals surface area (Å²) in [5, 5.41) is 6.32. The van der Waals surface area contributed by atoms with Crippen LogP contribution in [0.1, 0.15) is 18.1 Å². The number of nitrogens with one attached hydrogen (secondary N) is 2. The Morgan fingerprint density at radius 1 is 1.12 bits per heavy atom. The number of aryl methyl sites for hydroxylation is 1. The number of para-hydroxylation sites is 1. The lowest BCUT2D eigenvalue weighted by atomic mass is 10.2. The molecule has 0 saturated heterocycles. The van der Waals surface area contributed by atoms with Gasteiger partial charge in [0.15, 0.2) is 0 Å². The molecule has 2 aromatic rings. The maximum Gasteiger partial charge on any atom is 0.329 e. The van der Waals surface area contributed by atoms with E-state index in [2.05, 4.69) is 15.8 Å². The highest BCUT2D eigenvalue weighted by Gasteiger charge is 2.15. The van der Waals surface area contributed by atoms with Crippen molar-refractivity contribution in [3.8, 4) is 11.5 Å². The van der Waals surface area contributed by atoms with Crippen molar-refractivity contribution in [2.45, 2.75) is 13.8 Å². The highest BCUT2D eigenvalue weighted by Crippen LogP contribution is 2.25. The Morgan fingerprint density at radius 2 is 1.88 bits per heavy atom. The number of hydrogen-bond donors (Lipinski definition) is 2. The average Bonchev–Trinajstić information content (AvgIpc) is 2.63. The molecule has 0 radical (unpaired) electrons. The fraction of sp³-hybridized carbons (Fsp3) is 0.211. The molecule has 0 saturated carbocycles. The molecule has 7 heteroatoms. The first-order chi connectivity index (χ1) is 12.5. The lowest BCUT2D eigenvalue weighted by Gasteiger charge is -2.10. The molecule has 0 fully saturated rings. The third kappa shape index (κ3) is 5.07. The van der Waals surface area contributed by atoms with Crippen molar-refractivity contribution in [2.75, 3.05) is 19.0 Å². The molecule has 0 aromatic heterocycles. The van der Waals surface area contributed by atoms with Crippen LogP contribution < -0.4 is 20.2 Å². The van der Waals surface area contributed by atoms with Gasteiger partial charge in [0, 0.05) is 5.56 Å². The molecular formula is C19H21N3O4. The summed E-state index contributed by atoms with van der Waals surface area (Å²) in [7, 11) is 1.49. The van der Waals surface area contributed by atoms with E-state index < -0.39 is 11.8 Å². The van der Waals surface area contributed by atoms with Crippen LogP contribution in [-0.4, -0.2) is 31.7 Å². The van der Waals surface area contributed by atoms with Crippen molar-refractivity contribution in [1.82, 2.24) is 5.43 Å². The second-order valence-electron chi connectivity index (χ2n) is 5.33. The van der Waals surface area contributed by atoms with Crippen LogP contribution in [0.15, 0.2) is 47.6 Å². The van der Waals surface area contributed by atoms with Crippen LogP contribution in [0, 0.1) is 6.92 Å². The molecule has 26 heavy (non-hydrogen) atoms. The molecule has 0 atom stereocenters. The molecule has 0 bridgehead atoms. The number of ether oxygens (including phenoxy) is 2. The normalized spacial score (nSPS) is 10.4. The monoisotopic (exact) mass is 355 g/mol. The van der Waals surface area contributed by atoms with Crippen molar-refractivity contribution in [3.63, 3.8) is 0 Å². The number of rotatable bonds is 6. The molecule has 136 valence electrons. The molecular weight excluding hydrogens is 334 g/mol. The van der Waals surface area contributed by atoms with Crippen molar-refractivity contribution < 1.29 is 19.1 Å². The maximum absolute atomic E-state index is 12.0. The summed E-state index contributed by atoms with van der Waals surface area (Å²) in [4.78, 5) is 24.0. The minimum Gasteiger partial charge on any atom is -0.495 e. The Bertz CT molecular complexity index is 818. The molecule has 0 heterocycles. The number of benzene rings is 2. The Hall–Kier alpha value is -3.35. The molecule has 2 N–H and O–H groups in total. The van der Waals surface area contributed by atoms with E-state index in [4.69, 9.17) is 9.47 Å². The van der Waals surface area contributed by atoms with Crippen molar-refractivity contribution >= 4 is 23.7 Å². The molecule has 2 amide bonds. The maximum atomic E-state index is 12.0. The van der Waals surface area contributed by atoms with Crippen LogP contribution >= 0.6 is 0 Å². The first-order valence-corrected chi connectivity index (χ1v) is 8.06. The number of carbonyl (C=O) groups excluding carboxylic acids is 2. The van der Waals surface area contributed by atoms with Gasteiger partial charge in [0.25, 0.3) is 0 Å². The molecule has 2 aromatic carbocycles. The second-order valence-corrected chi connectivity index (χ2v) is 5.33. The summed E-state index contributed by atoms with van der Waals surface area (Å²) in [6, 6.07) is 12.5. The molecule has 0 aliphatic carbocycles. The third-order valence-corrected chi connectivity index (χ3v) is 3.40. The molecule has 0 spiro atoms. The minimum atomic E-state index is -0.890. The van der Waals surface area contributed by atoms with Crippen LogP contribution in [0.3, 0.4) is 0 Å². The molecule has 2 rings (SSSR count). The Balaban J connectivity index is 2.00. The van der Waals surface area contributed by atoms with Gasteiger partial charge in [0.1, 0.15) is 11.5 Å². The van der Waals surface area contributed by atoms with Gasteiger partial charge in [-0.15, -0.1) is 0 Å². The molecule has 0 aliphatic rings. The first kappa shape index (κ1) is 19.0. The molecule has 0 unspecified atom stereocenters. The van der Waals surface area contributed by atoms with Crippen LogP contribution in [0.4, 0.5) is 5.69 Å². The third-order valence-electron chi connectivity index (χ3n) is 3.40. The number of nitrogens with zero attached hydrogens (tertiary/aromatic N) is 1. The Labute approximate surface area is 152 Å². The van der Waals surface area contributed by atoms with Gasteiger partial charge in [-0.1, -0.05) is 18.2 Å². The van der Waals surface area contributed by atoms with Crippen LogP contribution in [0.2, 0.25) is 0 Å². The standard InChI is InChI=1S/C19H21N3O4/c1-4-26-16-8-6-5-7-14(16)12-20-22-19(24)18(23)21-15-11-13(2)9-10-17(15)25-3/h5-12H,4H2,1-3H3,(H,21,23)(H,22,24)/b20-12-. The van der Waals surface area contributed by atoms with E-state index in [1.54, 1.807) is 24.3 Å². The Kier molecular flexibility index (Phi) is 6.73. The number of hydrogen-bond acceptors (Lipinski definition) is 5. The van der Waals surface area contributed by atoms with Gasteiger partial charge in [-0.3, -0.25) is 9.59 Å². The van der Waals surface area contributed by atoms with Gasteiger partial charge in [0.2, 0.25) is 0 Å². The number of amides is 2.